The monoisotopic (exact) mass is 308 g/mol. The fourth-order valence-corrected chi connectivity index (χ4v) is 3.04. The van der Waals surface area contributed by atoms with Gasteiger partial charge in [0.05, 0.1) is 6.61 Å². The highest BCUT2D eigenvalue weighted by atomic mass is 32.2. The van der Waals surface area contributed by atoms with E-state index in [4.69, 9.17) is 15.9 Å². The number of aryl methyl sites for hydroxylation is 1. The Balaban J connectivity index is 1.74. The Morgan fingerprint density at radius 1 is 1.40 bits per heavy atom. The first-order valence-electron chi connectivity index (χ1n) is 6.21. The van der Waals surface area contributed by atoms with Crippen molar-refractivity contribution in [3.8, 4) is 5.75 Å². The van der Waals surface area contributed by atoms with Crippen LogP contribution in [-0.4, -0.2) is 27.6 Å². The molecule has 0 spiro atoms. The predicted molar refractivity (Wildman–Crippen MR) is 83.0 cm³/mol. The summed E-state index contributed by atoms with van der Waals surface area (Å²) in [5, 5.41) is 7.31. The minimum atomic E-state index is 0.0649. The highest BCUT2D eigenvalue weighted by molar-refractivity contribution is 8.00. The van der Waals surface area contributed by atoms with Crippen molar-refractivity contribution in [1.82, 2.24) is 9.36 Å². The quantitative estimate of drug-likeness (QED) is 0.355. The third-order valence-electron chi connectivity index (χ3n) is 2.51. The van der Waals surface area contributed by atoms with Crippen molar-refractivity contribution in [1.29, 1.82) is 5.41 Å². The second-order valence-electron chi connectivity index (χ2n) is 3.97. The van der Waals surface area contributed by atoms with E-state index >= 15 is 0 Å². The molecule has 0 bridgehead atoms. The normalized spacial score (nSPS) is 10.4. The van der Waals surface area contributed by atoms with Crippen LogP contribution in [-0.2, 0) is 6.42 Å². The van der Waals surface area contributed by atoms with Crippen LogP contribution in [0.15, 0.2) is 28.6 Å². The smallest absolute Gasteiger partial charge is 0.170 e. The van der Waals surface area contributed by atoms with E-state index in [2.05, 4.69) is 9.36 Å². The average Bonchev–Trinajstić information content (AvgIpc) is 2.92. The fraction of sp³-hybridized carbons (Fsp3) is 0.308. The highest BCUT2D eigenvalue weighted by Crippen LogP contribution is 2.20. The van der Waals surface area contributed by atoms with Crippen LogP contribution in [0.5, 0.6) is 5.75 Å². The number of aromatic nitrogens is 2. The Labute approximate surface area is 126 Å². The largest absolute Gasteiger partial charge is 0.493 e. The molecule has 0 aliphatic rings. The van der Waals surface area contributed by atoms with Gasteiger partial charge in [-0.15, -0.1) is 0 Å². The Morgan fingerprint density at radius 3 is 2.75 bits per heavy atom. The lowest BCUT2D eigenvalue weighted by atomic mass is 10.2. The summed E-state index contributed by atoms with van der Waals surface area (Å²) in [5.41, 5.74) is 6.09. The third kappa shape index (κ3) is 4.21. The fourth-order valence-electron chi connectivity index (χ4n) is 1.46. The Kier molecular flexibility index (Phi) is 5.37. The van der Waals surface area contributed by atoms with E-state index in [1.165, 1.54) is 11.5 Å². The number of hydrogen-bond donors (Lipinski definition) is 2. The molecule has 2 rings (SSSR count). The molecule has 1 aromatic heterocycles. The molecule has 1 aromatic carbocycles. The topological polar surface area (TPSA) is 84.9 Å². The number of nitrogens with two attached hydrogens (primary N) is 1. The minimum absolute atomic E-state index is 0.0649. The molecule has 0 radical (unpaired) electrons. The van der Waals surface area contributed by atoms with Gasteiger partial charge in [0.1, 0.15) is 17.4 Å². The summed E-state index contributed by atoms with van der Waals surface area (Å²) in [7, 11) is 0. The molecule has 1 heterocycles. The van der Waals surface area contributed by atoms with Crippen molar-refractivity contribution in [3.05, 3.63) is 35.7 Å². The second-order valence-corrected chi connectivity index (χ2v) is 6.06. The maximum Gasteiger partial charge on any atom is 0.170 e. The average molecular weight is 308 g/mol. The number of ether oxygens (including phenoxy) is 1. The minimum Gasteiger partial charge on any atom is -0.493 e. The summed E-state index contributed by atoms with van der Waals surface area (Å²) in [6.07, 6.45) is 0.871. The zero-order valence-corrected chi connectivity index (χ0v) is 12.8. The molecule has 5 nitrogen and oxygen atoms in total. The summed E-state index contributed by atoms with van der Waals surface area (Å²) in [4.78, 5) is 4.38. The Morgan fingerprint density at radius 2 is 2.15 bits per heavy atom. The van der Waals surface area contributed by atoms with E-state index in [1.807, 2.05) is 19.1 Å². The summed E-state index contributed by atoms with van der Waals surface area (Å²) < 4.78 is 10.8. The van der Waals surface area contributed by atoms with Crippen molar-refractivity contribution in [3.63, 3.8) is 0 Å². The number of thioether (sulfide) groups is 1. The van der Waals surface area contributed by atoms with Gasteiger partial charge in [0.25, 0.3) is 0 Å². The molecule has 0 saturated heterocycles. The summed E-state index contributed by atoms with van der Waals surface area (Å²) in [6.45, 7) is 2.65. The molecule has 0 saturated carbocycles. The van der Waals surface area contributed by atoms with Crippen LogP contribution < -0.4 is 10.5 Å². The van der Waals surface area contributed by atoms with E-state index < -0.39 is 0 Å². The van der Waals surface area contributed by atoms with E-state index in [0.717, 1.165) is 28.1 Å². The predicted octanol–water partition coefficient (Wildman–Crippen LogP) is 2.56. The molecule has 3 N–H and O–H groups in total. The van der Waals surface area contributed by atoms with E-state index in [-0.39, 0.29) is 5.84 Å². The van der Waals surface area contributed by atoms with Gasteiger partial charge in [0.15, 0.2) is 4.34 Å². The number of benzene rings is 1. The first-order chi connectivity index (χ1) is 9.69. The van der Waals surface area contributed by atoms with Gasteiger partial charge in [0, 0.05) is 17.7 Å². The van der Waals surface area contributed by atoms with Gasteiger partial charge in [-0.05, 0) is 35.8 Å². The van der Waals surface area contributed by atoms with Crippen LogP contribution >= 0.6 is 23.3 Å². The number of nitrogens with one attached hydrogen (secondary N) is 1. The Bertz CT molecular complexity index is 568. The molecule has 0 amide bonds. The zero-order chi connectivity index (χ0) is 14.4. The van der Waals surface area contributed by atoms with E-state index in [1.54, 1.807) is 23.9 Å². The number of nitrogen functional groups attached to an aromatic ring is 1. The van der Waals surface area contributed by atoms with Crippen LogP contribution in [0.1, 0.15) is 18.3 Å². The summed E-state index contributed by atoms with van der Waals surface area (Å²) in [5.74, 6) is 2.57. The van der Waals surface area contributed by atoms with E-state index in [9.17, 15) is 0 Å². The Hall–Kier alpha value is -1.60. The molecular formula is C13H16N4OS2. The molecule has 0 aliphatic heterocycles. The van der Waals surface area contributed by atoms with Crippen LogP contribution in [0.2, 0.25) is 0 Å². The van der Waals surface area contributed by atoms with Gasteiger partial charge in [0.2, 0.25) is 0 Å². The second kappa shape index (κ2) is 7.25. The van der Waals surface area contributed by atoms with Gasteiger partial charge < -0.3 is 10.5 Å². The van der Waals surface area contributed by atoms with E-state index in [0.29, 0.717) is 12.2 Å². The van der Waals surface area contributed by atoms with Crippen molar-refractivity contribution in [2.75, 3.05) is 12.4 Å². The molecule has 0 fully saturated rings. The van der Waals surface area contributed by atoms with Crippen molar-refractivity contribution < 1.29 is 4.74 Å². The number of amidine groups is 1. The van der Waals surface area contributed by atoms with Crippen LogP contribution in [0.25, 0.3) is 0 Å². The lowest BCUT2D eigenvalue weighted by molar-refractivity contribution is 0.344. The zero-order valence-electron chi connectivity index (χ0n) is 11.1. The van der Waals surface area contributed by atoms with Crippen molar-refractivity contribution >= 4 is 29.1 Å². The first-order valence-corrected chi connectivity index (χ1v) is 7.97. The van der Waals surface area contributed by atoms with Crippen molar-refractivity contribution in [2.45, 2.75) is 17.7 Å². The highest BCUT2D eigenvalue weighted by Gasteiger charge is 2.03. The maximum absolute atomic E-state index is 7.31. The molecule has 0 aliphatic carbocycles. The molecule has 20 heavy (non-hydrogen) atoms. The SMILES string of the molecule is CCc1nsc(SCCOc2ccc(C(=N)N)cc2)n1. The molecule has 0 unspecified atom stereocenters. The third-order valence-corrected chi connectivity index (χ3v) is 4.34. The maximum atomic E-state index is 7.31. The van der Waals surface area contributed by atoms with Crippen LogP contribution in [0.3, 0.4) is 0 Å². The molecule has 2 aromatic rings. The first kappa shape index (κ1) is 14.8. The molecule has 106 valence electrons. The number of nitrogens with zero attached hydrogens (tertiary/aromatic N) is 2. The van der Waals surface area contributed by atoms with Gasteiger partial charge >= 0.3 is 0 Å². The van der Waals surface area contributed by atoms with Crippen LogP contribution in [0, 0.1) is 5.41 Å². The lowest BCUT2D eigenvalue weighted by Crippen LogP contribution is -2.10. The molecular weight excluding hydrogens is 292 g/mol. The molecule has 7 heteroatoms. The van der Waals surface area contributed by atoms with Gasteiger partial charge in [-0.2, -0.15) is 4.37 Å². The lowest BCUT2D eigenvalue weighted by Gasteiger charge is -2.05. The number of hydrogen-bond acceptors (Lipinski definition) is 6. The number of rotatable bonds is 7. The van der Waals surface area contributed by atoms with Gasteiger partial charge in [-0.3, -0.25) is 5.41 Å². The van der Waals surface area contributed by atoms with Gasteiger partial charge in [-0.1, -0.05) is 18.7 Å². The standard InChI is InChI=1S/C13H16N4OS2/c1-2-11-16-13(20-17-11)19-8-7-18-10-5-3-9(4-6-10)12(14)15/h3-6H,2,7-8H2,1H3,(H3,14,15). The summed E-state index contributed by atoms with van der Waals surface area (Å²) >= 11 is 3.08. The molecule has 0 atom stereocenters. The van der Waals surface area contributed by atoms with Gasteiger partial charge in [-0.25, -0.2) is 4.98 Å². The van der Waals surface area contributed by atoms with Crippen LogP contribution in [0.4, 0.5) is 0 Å². The summed E-state index contributed by atoms with van der Waals surface area (Å²) in [6, 6.07) is 7.20. The van der Waals surface area contributed by atoms with Crippen molar-refractivity contribution in [2.24, 2.45) is 5.73 Å².